The molecule has 7 heteroatoms. The first-order valence-corrected chi connectivity index (χ1v) is 13.0. The molecule has 0 unspecified atom stereocenters. The minimum absolute atomic E-state index is 0.280. The molecule has 0 aliphatic carbocycles. The third kappa shape index (κ3) is 6.40. The van der Waals surface area contributed by atoms with Crippen LogP contribution in [-0.4, -0.2) is 79.3 Å². The van der Waals surface area contributed by atoms with Crippen LogP contribution in [0.1, 0.15) is 42.9 Å². The topological polar surface area (TPSA) is 45.0 Å². The van der Waals surface area contributed by atoms with Gasteiger partial charge < -0.3 is 19.1 Å². The minimum Gasteiger partial charge on any atom is -0.494 e. The van der Waals surface area contributed by atoms with Gasteiger partial charge in [-0.2, -0.15) is 0 Å². The molecule has 3 aromatic rings. The lowest BCUT2D eigenvalue weighted by molar-refractivity contribution is 0.148. The zero-order valence-electron chi connectivity index (χ0n) is 20.8. The van der Waals surface area contributed by atoms with Crippen LogP contribution in [0.15, 0.2) is 47.0 Å². The Kier molecular flexibility index (Phi) is 7.96. The molecular weight excluding hydrogens is 443 g/mol. The molecule has 0 radical (unpaired) electrons. The Balaban J connectivity index is 0.974. The molecule has 0 saturated carbocycles. The van der Waals surface area contributed by atoms with Gasteiger partial charge in [0.15, 0.2) is 5.58 Å². The van der Waals surface area contributed by atoms with E-state index in [2.05, 4.69) is 51.2 Å². The number of aromatic nitrogens is 1. The molecule has 2 saturated heterocycles. The number of hydrogen-bond donors (Lipinski definition) is 0. The summed E-state index contributed by atoms with van der Waals surface area (Å²) in [5.74, 6) is 1.07. The molecule has 2 aromatic carbocycles. The summed E-state index contributed by atoms with van der Waals surface area (Å²) in [6, 6.07) is 13.3. The van der Waals surface area contributed by atoms with Crippen molar-refractivity contribution in [1.82, 2.24) is 19.9 Å². The highest BCUT2D eigenvalue weighted by Crippen LogP contribution is 2.32. The second-order valence-corrected chi connectivity index (χ2v) is 10.1. The molecule has 1 aromatic heterocycles. The molecule has 2 fully saturated rings. The molecule has 6 nitrogen and oxygen atoms in total. The van der Waals surface area contributed by atoms with E-state index in [1.165, 1.54) is 17.7 Å². The molecular formula is C28H37FN4O2. The van der Waals surface area contributed by atoms with Crippen LogP contribution in [0.5, 0.6) is 5.75 Å². The fraction of sp³-hybridized carbons (Fsp3) is 0.536. The number of piperidine rings is 1. The Hall–Kier alpha value is -2.48. The number of halogens is 1. The monoisotopic (exact) mass is 480 g/mol. The molecule has 0 spiro atoms. The number of rotatable bonds is 9. The molecule has 188 valence electrons. The second-order valence-electron chi connectivity index (χ2n) is 10.1. The summed E-state index contributed by atoms with van der Waals surface area (Å²) in [7, 11) is 2.19. The van der Waals surface area contributed by atoms with Crippen molar-refractivity contribution in [1.29, 1.82) is 0 Å². The standard InChI is InChI=1S/C28H37FN4O2/c1-31-15-17-33(18-16-31)21-22-4-7-25(8-5-22)34-19-3-2-12-32-13-10-23(11-14-32)28-26-9-6-24(29)20-27(26)35-30-28/h4-9,20,23H,2-3,10-19,21H2,1H3. The Morgan fingerprint density at radius 3 is 2.49 bits per heavy atom. The lowest BCUT2D eigenvalue weighted by Crippen LogP contribution is -2.43. The van der Waals surface area contributed by atoms with E-state index in [0.717, 1.165) is 101 Å². The van der Waals surface area contributed by atoms with Gasteiger partial charge in [-0.05, 0) is 82.2 Å². The average Bonchev–Trinajstić information content (AvgIpc) is 3.29. The smallest absolute Gasteiger partial charge is 0.170 e. The van der Waals surface area contributed by atoms with Crippen LogP contribution < -0.4 is 4.74 Å². The molecule has 0 atom stereocenters. The molecule has 0 amide bonds. The highest BCUT2D eigenvalue weighted by molar-refractivity contribution is 5.79. The normalized spacial score (nSPS) is 18.9. The van der Waals surface area contributed by atoms with Gasteiger partial charge in [-0.1, -0.05) is 17.3 Å². The number of fused-ring (bicyclic) bond motifs is 1. The van der Waals surface area contributed by atoms with Gasteiger partial charge in [-0.15, -0.1) is 0 Å². The van der Waals surface area contributed by atoms with E-state index < -0.39 is 0 Å². The van der Waals surface area contributed by atoms with Crippen molar-refractivity contribution >= 4 is 11.0 Å². The average molecular weight is 481 g/mol. The van der Waals surface area contributed by atoms with E-state index in [9.17, 15) is 4.39 Å². The zero-order valence-corrected chi connectivity index (χ0v) is 20.8. The van der Waals surface area contributed by atoms with E-state index in [1.54, 1.807) is 6.07 Å². The molecule has 5 rings (SSSR count). The van der Waals surface area contributed by atoms with Crippen molar-refractivity contribution in [3.63, 3.8) is 0 Å². The molecule has 0 bridgehead atoms. The van der Waals surface area contributed by atoms with Crippen LogP contribution >= 0.6 is 0 Å². The maximum absolute atomic E-state index is 13.4. The van der Waals surface area contributed by atoms with Crippen LogP contribution in [0, 0.1) is 5.82 Å². The third-order valence-corrected chi connectivity index (χ3v) is 7.50. The van der Waals surface area contributed by atoms with E-state index >= 15 is 0 Å². The number of piperazine rings is 1. The number of likely N-dealkylation sites (N-methyl/N-ethyl adjacent to an activating group) is 1. The van der Waals surface area contributed by atoms with Gasteiger partial charge in [-0.25, -0.2) is 4.39 Å². The first-order chi connectivity index (χ1) is 17.1. The van der Waals surface area contributed by atoms with Gasteiger partial charge in [0.1, 0.15) is 11.6 Å². The number of nitrogens with zero attached hydrogens (tertiary/aromatic N) is 4. The van der Waals surface area contributed by atoms with Crippen molar-refractivity contribution in [2.75, 3.05) is 59.5 Å². The summed E-state index contributed by atoms with van der Waals surface area (Å²) in [5, 5.41) is 5.21. The maximum Gasteiger partial charge on any atom is 0.170 e. The molecule has 3 heterocycles. The van der Waals surface area contributed by atoms with Crippen molar-refractivity contribution in [3.05, 3.63) is 59.5 Å². The van der Waals surface area contributed by atoms with Crippen LogP contribution in [-0.2, 0) is 6.54 Å². The van der Waals surface area contributed by atoms with E-state index in [1.807, 2.05) is 0 Å². The summed E-state index contributed by atoms with van der Waals surface area (Å²) in [4.78, 5) is 7.44. The number of benzene rings is 2. The molecule has 2 aliphatic heterocycles. The molecule has 2 aliphatic rings. The number of likely N-dealkylation sites (tertiary alicyclic amines) is 1. The predicted molar refractivity (Wildman–Crippen MR) is 136 cm³/mol. The van der Waals surface area contributed by atoms with Crippen LogP contribution in [0.4, 0.5) is 4.39 Å². The van der Waals surface area contributed by atoms with Crippen LogP contribution in [0.25, 0.3) is 11.0 Å². The van der Waals surface area contributed by atoms with Gasteiger partial charge >= 0.3 is 0 Å². The highest BCUT2D eigenvalue weighted by Gasteiger charge is 2.25. The van der Waals surface area contributed by atoms with Crippen molar-refractivity contribution in [3.8, 4) is 5.75 Å². The summed E-state index contributed by atoms with van der Waals surface area (Å²) in [6.45, 7) is 9.61. The maximum atomic E-state index is 13.4. The SMILES string of the molecule is CN1CCN(Cc2ccc(OCCCCN3CCC(c4noc5cc(F)ccc45)CC3)cc2)CC1. The summed E-state index contributed by atoms with van der Waals surface area (Å²) < 4.78 is 24.8. The third-order valence-electron chi connectivity index (χ3n) is 7.50. The summed E-state index contributed by atoms with van der Waals surface area (Å²) in [5.41, 5.74) is 2.89. The van der Waals surface area contributed by atoms with Gasteiger partial charge in [0.25, 0.3) is 0 Å². The Morgan fingerprint density at radius 1 is 0.943 bits per heavy atom. The van der Waals surface area contributed by atoms with Crippen LogP contribution in [0.2, 0.25) is 0 Å². The van der Waals surface area contributed by atoms with Gasteiger partial charge in [0.05, 0.1) is 12.3 Å². The minimum atomic E-state index is -0.280. The summed E-state index contributed by atoms with van der Waals surface area (Å²) in [6.07, 6.45) is 4.33. The first kappa shape index (κ1) is 24.2. The van der Waals surface area contributed by atoms with Crippen molar-refractivity contribution < 1.29 is 13.7 Å². The highest BCUT2D eigenvalue weighted by atomic mass is 19.1. The van der Waals surface area contributed by atoms with Gasteiger partial charge in [0, 0.05) is 50.1 Å². The first-order valence-electron chi connectivity index (χ1n) is 13.0. The van der Waals surface area contributed by atoms with E-state index in [4.69, 9.17) is 9.26 Å². The summed E-state index contributed by atoms with van der Waals surface area (Å²) >= 11 is 0. The van der Waals surface area contributed by atoms with Crippen molar-refractivity contribution in [2.45, 2.75) is 38.1 Å². The quantitative estimate of drug-likeness (QED) is 0.412. The fourth-order valence-corrected chi connectivity index (χ4v) is 5.24. The number of ether oxygens (including phenoxy) is 1. The van der Waals surface area contributed by atoms with Gasteiger partial charge in [-0.3, -0.25) is 4.90 Å². The zero-order chi connectivity index (χ0) is 24.0. The van der Waals surface area contributed by atoms with Crippen LogP contribution in [0.3, 0.4) is 0 Å². The van der Waals surface area contributed by atoms with E-state index in [0.29, 0.717) is 11.5 Å². The largest absolute Gasteiger partial charge is 0.494 e. The molecule has 0 N–H and O–H groups in total. The van der Waals surface area contributed by atoms with Crippen molar-refractivity contribution in [2.24, 2.45) is 0 Å². The fourth-order valence-electron chi connectivity index (χ4n) is 5.24. The predicted octanol–water partition coefficient (Wildman–Crippen LogP) is 4.75. The lowest BCUT2D eigenvalue weighted by atomic mass is 9.91. The van der Waals surface area contributed by atoms with Gasteiger partial charge in [0.2, 0.25) is 0 Å². The number of unbranched alkanes of at least 4 members (excludes halogenated alkanes) is 1. The Morgan fingerprint density at radius 2 is 1.71 bits per heavy atom. The number of hydrogen-bond acceptors (Lipinski definition) is 6. The molecule has 35 heavy (non-hydrogen) atoms. The Labute approximate surface area is 207 Å². The second kappa shape index (κ2) is 11.5. The van der Waals surface area contributed by atoms with E-state index in [-0.39, 0.29) is 5.82 Å². The lowest BCUT2D eigenvalue weighted by Gasteiger charge is -2.32. The Bertz CT molecular complexity index is 1070.